The molecule has 0 saturated carbocycles. The maximum atomic E-state index is 12.2. The number of sulfonamides is 1. The first-order chi connectivity index (χ1) is 9.03. The minimum absolute atomic E-state index is 0.182. The maximum absolute atomic E-state index is 12.2. The first-order valence-corrected chi connectivity index (χ1v) is 7.66. The second-order valence-electron chi connectivity index (χ2n) is 4.01. The van der Waals surface area contributed by atoms with Crippen LogP contribution in [-0.4, -0.2) is 18.4 Å². The van der Waals surface area contributed by atoms with Crippen molar-refractivity contribution in [1.29, 1.82) is 0 Å². The summed E-state index contributed by atoms with van der Waals surface area (Å²) in [5.74, 6) is 0.597. The summed E-state index contributed by atoms with van der Waals surface area (Å²) < 4.78 is 27.0. The zero-order valence-electron chi connectivity index (χ0n) is 10.3. The molecule has 0 saturated heterocycles. The number of halogens is 1. The van der Waals surface area contributed by atoms with Crippen molar-refractivity contribution >= 4 is 21.6 Å². The number of nitrogens with zero attached hydrogens (tertiary/aromatic N) is 1. The highest BCUT2D eigenvalue weighted by molar-refractivity contribution is 7.89. The molecule has 1 aromatic carbocycles. The van der Waals surface area contributed by atoms with Crippen molar-refractivity contribution in [3.05, 3.63) is 47.5 Å². The van der Waals surface area contributed by atoms with Crippen molar-refractivity contribution in [1.82, 2.24) is 14.7 Å². The van der Waals surface area contributed by atoms with Crippen LogP contribution in [0.3, 0.4) is 0 Å². The molecule has 1 atom stereocenters. The van der Waals surface area contributed by atoms with Crippen LogP contribution in [0.4, 0.5) is 0 Å². The summed E-state index contributed by atoms with van der Waals surface area (Å²) >= 11 is 5.75. The van der Waals surface area contributed by atoms with Crippen LogP contribution in [0.25, 0.3) is 0 Å². The van der Waals surface area contributed by atoms with Crippen molar-refractivity contribution < 1.29 is 8.42 Å². The van der Waals surface area contributed by atoms with E-state index in [1.165, 1.54) is 12.1 Å². The Labute approximate surface area is 117 Å². The number of rotatable bonds is 5. The van der Waals surface area contributed by atoms with Crippen LogP contribution in [0.5, 0.6) is 0 Å². The zero-order chi connectivity index (χ0) is 13.9. The van der Waals surface area contributed by atoms with E-state index in [1.807, 2.05) is 6.92 Å². The first kappa shape index (κ1) is 14.0. The summed E-state index contributed by atoms with van der Waals surface area (Å²) in [6, 6.07) is 5.66. The molecule has 0 aliphatic rings. The molecule has 0 fully saturated rings. The summed E-state index contributed by atoms with van der Waals surface area (Å²) in [6.07, 6.45) is 3.85. The van der Waals surface area contributed by atoms with Crippen molar-refractivity contribution in [3.63, 3.8) is 0 Å². The number of benzene rings is 1. The van der Waals surface area contributed by atoms with Gasteiger partial charge in [-0.3, -0.25) is 0 Å². The molecule has 19 heavy (non-hydrogen) atoms. The van der Waals surface area contributed by atoms with Gasteiger partial charge in [0.2, 0.25) is 10.0 Å². The molecule has 5 nitrogen and oxygen atoms in total. The van der Waals surface area contributed by atoms with Crippen LogP contribution in [0.15, 0.2) is 41.6 Å². The molecule has 1 aromatic heterocycles. The van der Waals surface area contributed by atoms with Crippen LogP contribution in [0.2, 0.25) is 5.02 Å². The Hall–Kier alpha value is -1.37. The highest BCUT2D eigenvalue weighted by Crippen LogP contribution is 2.18. The molecule has 0 radical (unpaired) electrons. The summed E-state index contributed by atoms with van der Waals surface area (Å²) in [5, 5.41) is 0.497. The Morgan fingerprint density at radius 3 is 2.58 bits per heavy atom. The third-order valence-electron chi connectivity index (χ3n) is 2.68. The highest BCUT2D eigenvalue weighted by atomic mass is 35.5. The fourth-order valence-corrected chi connectivity index (χ4v) is 3.08. The van der Waals surface area contributed by atoms with Gasteiger partial charge < -0.3 is 4.98 Å². The number of hydrogen-bond donors (Lipinski definition) is 2. The van der Waals surface area contributed by atoms with Crippen LogP contribution in [0, 0.1) is 0 Å². The molecule has 102 valence electrons. The molecule has 0 bridgehead atoms. The molecule has 1 unspecified atom stereocenters. The van der Waals surface area contributed by atoms with E-state index in [0.29, 0.717) is 17.3 Å². The van der Waals surface area contributed by atoms with E-state index in [-0.39, 0.29) is 10.9 Å². The van der Waals surface area contributed by atoms with Gasteiger partial charge in [-0.2, -0.15) is 0 Å². The summed E-state index contributed by atoms with van der Waals surface area (Å²) in [6.45, 7) is 1.89. The Balaban J connectivity index is 2.23. The molecule has 0 amide bonds. The van der Waals surface area contributed by atoms with Gasteiger partial charge in [-0.15, -0.1) is 0 Å². The van der Waals surface area contributed by atoms with Gasteiger partial charge in [0.15, 0.2) is 0 Å². The average molecular weight is 300 g/mol. The number of aromatic nitrogens is 2. The first-order valence-electron chi connectivity index (χ1n) is 5.80. The molecule has 0 aliphatic carbocycles. The quantitative estimate of drug-likeness (QED) is 0.890. The zero-order valence-corrected chi connectivity index (χ0v) is 11.9. The normalized spacial score (nSPS) is 13.4. The Bertz CT molecular complexity index is 624. The van der Waals surface area contributed by atoms with Crippen molar-refractivity contribution in [2.75, 3.05) is 0 Å². The van der Waals surface area contributed by atoms with Gasteiger partial charge >= 0.3 is 0 Å². The molecule has 7 heteroatoms. The number of H-pyrrole nitrogens is 1. The van der Waals surface area contributed by atoms with Crippen molar-refractivity contribution in [2.45, 2.75) is 24.3 Å². The van der Waals surface area contributed by atoms with E-state index < -0.39 is 10.0 Å². The van der Waals surface area contributed by atoms with Gasteiger partial charge in [-0.25, -0.2) is 18.1 Å². The molecule has 0 aliphatic heterocycles. The number of aromatic amines is 1. The highest BCUT2D eigenvalue weighted by Gasteiger charge is 2.21. The lowest BCUT2D eigenvalue weighted by Crippen LogP contribution is -2.29. The van der Waals surface area contributed by atoms with Gasteiger partial charge in [0.25, 0.3) is 0 Å². The SMILES string of the molecule is CCC(NS(=O)(=O)c1ccc(Cl)cc1)c1ncc[nH]1. The van der Waals surface area contributed by atoms with E-state index in [9.17, 15) is 8.42 Å². The van der Waals surface area contributed by atoms with Gasteiger partial charge in [0.05, 0.1) is 10.9 Å². The summed E-state index contributed by atoms with van der Waals surface area (Å²) in [7, 11) is -3.58. The third-order valence-corrected chi connectivity index (χ3v) is 4.42. The molecule has 2 aromatic rings. The fourth-order valence-electron chi connectivity index (χ4n) is 1.67. The molecule has 2 N–H and O–H groups in total. The molecular weight excluding hydrogens is 286 g/mol. The monoisotopic (exact) mass is 299 g/mol. The number of hydrogen-bond acceptors (Lipinski definition) is 3. The lowest BCUT2D eigenvalue weighted by atomic mass is 10.2. The van der Waals surface area contributed by atoms with E-state index in [1.54, 1.807) is 24.5 Å². The standard InChI is InChI=1S/C12H14ClN3O2S/c1-2-11(12-14-7-8-15-12)16-19(17,18)10-5-3-9(13)4-6-10/h3-8,11,16H,2H2,1H3,(H,14,15). The molecule has 1 heterocycles. The van der Waals surface area contributed by atoms with Gasteiger partial charge in [0, 0.05) is 17.4 Å². The van der Waals surface area contributed by atoms with Crippen LogP contribution in [-0.2, 0) is 10.0 Å². The van der Waals surface area contributed by atoms with Crippen LogP contribution in [0.1, 0.15) is 25.2 Å². The van der Waals surface area contributed by atoms with E-state index >= 15 is 0 Å². The minimum Gasteiger partial charge on any atom is -0.347 e. The van der Waals surface area contributed by atoms with E-state index in [0.717, 1.165) is 0 Å². The van der Waals surface area contributed by atoms with Gasteiger partial charge in [-0.05, 0) is 30.7 Å². The number of imidazole rings is 1. The lowest BCUT2D eigenvalue weighted by Gasteiger charge is -2.15. The summed E-state index contributed by atoms with van der Waals surface area (Å²) in [5.41, 5.74) is 0. The van der Waals surface area contributed by atoms with Crippen molar-refractivity contribution in [3.8, 4) is 0 Å². The van der Waals surface area contributed by atoms with Crippen LogP contribution < -0.4 is 4.72 Å². The van der Waals surface area contributed by atoms with E-state index in [2.05, 4.69) is 14.7 Å². The van der Waals surface area contributed by atoms with Crippen molar-refractivity contribution in [2.24, 2.45) is 0 Å². The van der Waals surface area contributed by atoms with E-state index in [4.69, 9.17) is 11.6 Å². The lowest BCUT2D eigenvalue weighted by molar-refractivity contribution is 0.539. The Morgan fingerprint density at radius 2 is 2.05 bits per heavy atom. The van der Waals surface area contributed by atoms with Gasteiger partial charge in [0.1, 0.15) is 5.82 Å². The fraction of sp³-hybridized carbons (Fsp3) is 0.250. The second kappa shape index (κ2) is 5.73. The average Bonchev–Trinajstić information content (AvgIpc) is 2.90. The summed E-state index contributed by atoms with van der Waals surface area (Å²) in [4.78, 5) is 7.17. The molecule has 2 rings (SSSR count). The third kappa shape index (κ3) is 3.34. The largest absolute Gasteiger partial charge is 0.347 e. The smallest absolute Gasteiger partial charge is 0.241 e. The van der Waals surface area contributed by atoms with Gasteiger partial charge in [-0.1, -0.05) is 18.5 Å². The minimum atomic E-state index is -3.58. The predicted molar refractivity (Wildman–Crippen MR) is 73.4 cm³/mol. The maximum Gasteiger partial charge on any atom is 0.241 e. The number of nitrogens with one attached hydrogen (secondary N) is 2. The Morgan fingerprint density at radius 1 is 1.37 bits per heavy atom. The predicted octanol–water partition coefficient (Wildman–Crippen LogP) is 2.49. The second-order valence-corrected chi connectivity index (χ2v) is 6.16. The molecular formula is C12H14ClN3O2S. The topological polar surface area (TPSA) is 74.8 Å². The van der Waals surface area contributed by atoms with Crippen LogP contribution >= 0.6 is 11.6 Å². The molecule has 0 spiro atoms. The Kier molecular flexibility index (Phi) is 4.24.